The Hall–Kier alpha value is -3.01. The van der Waals surface area contributed by atoms with E-state index in [0.717, 1.165) is 23.2 Å². The molecule has 4 heteroatoms. The lowest BCUT2D eigenvalue weighted by molar-refractivity contribution is 0.0963. The van der Waals surface area contributed by atoms with Crippen molar-refractivity contribution in [3.63, 3.8) is 0 Å². The largest absolute Gasteiger partial charge is 0.451 e. The van der Waals surface area contributed by atoms with E-state index in [9.17, 15) is 4.79 Å². The fourth-order valence-corrected chi connectivity index (χ4v) is 3.18. The monoisotopic (exact) mass is 318 g/mol. The number of furan rings is 1. The molecule has 120 valence electrons. The van der Waals surface area contributed by atoms with E-state index in [1.54, 1.807) is 11.0 Å². The Labute approximate surface area is 140 Å². The van der Waals surface area contributed by atoms with Crippen LogP contribution in [0.5, 0.6) is 0 Å². The second-order valence-electron chi connectivity index (χ2n) is 6.07. The van der Waals surface area contributed by atoms with Crippen LogP contribution in [-0.2, 0) is 6.42 Å². The molecular weight excluding hydrogens is 300 g/mol. The van der Waals surface area contributed by atoms with Crippen molar-refractivity contribution in [2.24, 2.45) is 0 Å². The predicted molar refractivity (Wildman–Crippen MR) is 95.1 cm³/mol. The van der Waals surface area contributed by atoms with Gasteiger partial charge in [-0.1, -0.05) is 24.3 Å². The number of benzene rings is 2. The number of hydrogen-bond donors (Lipinski definition) is 1. The van der Waals surface area contributed by atoms with E-state index in [1.165, 1.54) is 5.56 Å². The molecule has 24 heavy (non-hydrogen) atoms. The van der Waals surface area contributed by atoms with Gasteiger partial charge < -0.3 is 15.1 Å². The fraction of sp³-hybridized carbons (Fsp3) is 0.150. The van der Waals surface area contributed by atoms with Gasteiger partial charge in [-0.25, -0.2) is 0 Å². The highest BCUT2D eigenvalue weighted by atomic mass is 16.4. The lowest BCUT2D eigenvalue weighted by Gasteiger charge is -2.15. The summed E-state index contributed by atoms with van der Waals surface area (Å²) in [5, 5.41) is 0. The van der Waals surface area contributed by atoms with E-state index in [4.69, 9.17) is 10.2 Å². The van der Waals surface area contributed by atoms with Crippen LogP contribution in [0.25, 0.3) is 11.3 Å². The maximum Gasteiger partial charge on any atom is 0.294 e. The van der Waals surface area contributed by atoms with Gasteiger partial charge in [-0.05, 0) is 54.8 Å². The topological polar surface area (TPSA) is 59.5 Å². The predicted octanol–water partition coefficient (Wildman–Crippen LogP) is 4.04. The van der Waals surface area contributed by atoms with E-state index < -0.39 is 0 Å². The SMILES string of the molecule is Cc1ccc(N)cc1-c1ccc(C(=O)N2CCc3ccccc32)o1. The van der Waals surface area contributed by atoms with Gasteiger partial charge in [0.2, 0.25) is 0 Å². The molecule has 2 heterocycles. The second-order valence-corrected chi connectivity index (χ2v) is 6.07. The molecule has 0 saturated carbocycles. The van der Waals surface area contributed by atoms with Gasteiger partial charge in [0, 0.05) is 23.5 Å². The van der Waals surface area contributed by atoms with Crippen LogP contribution in [0.4, 0.5) is 11.4 Å². The molecule has 1 amide bonds. The summed E-state index contributed by atoms with van der Waals surface area (Å²) in [6.07, 6.45) is 0.879. The summed E-state index contributed by atoms with van der Waals surface area (Å²) in [6.45, 7) is 2.68. The lowest BCUT2D eigenvalue weighted by atomic mass is 10.1. The zero-order valence-electron chi connectivity index (χ0n) is 13.5. The number of nitrogens with zero attached hydrogens (tertiary/aromatic N) is 1. The van der Waals surface area contributed by atoms with Crippen LogP contribution in [-0.4, -0.2) is 12.5 Å². The maximum atomic E-state index is 12.8. The molecule has 0 bridgehead atoms. The zero-order chi connectivity index (χ0) is 16.7. The van der Waals surface area contributed by atoms with Gasteiger partial charge >= 0.3 is 0 Å². The Morgan fingerprint density at radius 3 is 2.83 bits per heavy atom. The molecule has 4 rings (SSSR count). The molecule has 0 radical (unpaired) electrons. The summed E-state index contributed by atoms with van der Waals surface area (Å²) >= 11 is 0. The third kappa shape index (κ3) is 2.36. The number of anilines is 2. The van der Waals surface area contributed by atoms with E-state index in [1.807, 2.05) is 49.4 Å². The lowest BCUT2D eigenvalue weighted by Crippen LogP contribution is -2.28. The highest BCUT2D eigenvalue weighted by molar-refractivity contribution is 6.05. The van der Waals surface area contributed by atoms with Crippen molar-refractivity contribution < 1.29 is 9.21 Å². The van der Waals surface area contributed by atoms with Crippen molar-refractivity contribution >= 4 is 17.3 Å². The van der Waals surface area contributed by atoms with Gasteiger partial charge in [-0.15, -0.1) is 0 Å². The second kappa shape index (κ2) is 5.57. The summed E-state index contributed by atoms with van der Waals surface area (Å²) in [4.78, 5) is 14.6. The Balaban J connectivity index is 1.66. The number of fused-ring (bicyclic) bond motifs is 1. The van der Waals surface area contributed by atoms with E-state index in [-0.39, 0.29) is 5.91 Å². The fourth-order valence-electron chi connectivity index (χ4n) is 3.18. The third-order valence-corrected chi connectivity index (χ3v) is 4.48. The quantitative estimate of drug-likeness (QED) is 0.725. The molecule has 3 aromatic rings. The van der Waals surface area contributed by atoms with Crippen LogP contribution in [0.3, 0.4) is 0 Å². The van der Waals surface area contributed by atoms with Gasteiger partial charge in [0.05, 0.1) is 0 Å². The third-order valence-electron chi connectivity index (χ3n) is 4.48. The summed E-state index contributed by atoms with van der Waals surface area (Å²) in [6, 6.07) is 17.2. The van der Waals surface area contributed by atoms with Crippen LogP contribution in [0.1, 0.15) is 21.7 Å². The van der Waals surface area contributed by atoms with E-state index >= 15 is 0 Å². The average Bonchev–Trinajstić information content (AvgIpc) is 3.23. The van der Waals surface area contributed by atoms with Gasteiger partial charge in [-0.3, -0.25) is 4.79 Å². The minimum atomic E-state index is -0.104. The van der Waals surface area contributed by atoms with E-state index in [0.29, 0.717) is 23.8 Å². The number of para-hydroxylation sites is 1. The molecule has 0 saturated heterocycles. The minimum Gasteiger partial charge on any atom is -0.451 e. The van der Waals surface area contributed by atoms with Gasteiger partial charge in [0.1, 0.15) is 5.76 Å². The Bertz CT molecular complexity index is 927. The van der Waals surface area contributed by atoms with Crippen molar-refractivity contribution in [1.29, 1.82) is 0 Å². The highest BCUT2D eigenvalue weighted by Gasteiger charge is 2.27. The van der Waals surface area contributed by atoms with Crippen molar-refractivity contribution in [2.45, 2.75) is 13.3 Å². The van der Waals surface area contributed by atoms with Crippen LogP contribution >= 0.6 is 0 Å². The summed E-state index contributed by atoms with van der Waals surface area (Å²) in [5.41, 5.74) is 10.7. The summed E-state index contributed by atoms with van der Waals surface area (Å²) in [5.74, 6) is 0.909. The molecule has 0 fully saturated rings. The van der Waals surface area contributed by atoms with Crippen molar-refractivity contribution in [1.82, 2.24) is 0 Å². The van der Waals surface area contributed by atoms with Crippen molar-refractivity contribution in [2.75, 3.05) is 17.2 Å². The molecule has 0 atom stereocenters. The van der Waals surface area contributed by atoms with Crippen molar-refractivity contribution in [3.8, 4) is 11.3 Å². The first kappa shape index (κ1) is 14.6. The maximum absolute atomic E-state index is 12.8. The number of nitrogens with two attached hydrogens (primary N) is 1. The average molecular weight is 318 g/mol. The summed E-state index contributed by atoms with van der Waals surface area (Å²) in [7, 11) is 0. The van der Waals surface area contributed by atoms with Gasteiger partial charge in [-0.2, -0.15) is 0 Å². The first-order valence-corrected chi connectivity index (χ1v) is 7.99. The van der Waals surface area contributed by atoms with Crippen LogP contribution in [0.2, 0.25) is 0 Å². The molecule has 2 N–H and O–H groups in total. The Morgan fingerprint density at radius 2 is 1.96 bits per heavy atom. The molecule has 4 nitrogen and oxygen atoms in total. The smallest absolute Gasteiger partial charge is 0.294 e. The molecular formula is C20H18N2O2. The Kier molecular flexibility index (Phi) is 3.38. The minimum absolute atomic E-state index is 0.104. The number of hydrogen-bond acceptors (Lipinski definition) is 3. The van der Waals surface area contributed by atoms with Gasteiger partial charge in [0.15, 0.2) is 5.76 Å². The normalized spacial score (nSPS) is 13.1. The number of amides is 1. The highest BCUT2D eigenvalue weighted by Crippen LogP contribution is 2.31. The number of carbonyl (C=O) groups excluding carboxylic acids is 1. The molecule has 1 aliphatic heterocycles. The summed E-state index contributed by atoms with van der Waals surface area (Å²) < 4.78 is 5.85. The standard InChI is InChI=1S/C20H18N2O2/c1-13-6-7-15(21)12-16(13)18-8-9-19(24-18)20(23)22-11-10-14-4-2-3-5-17(14)22/h2-9,12H,10-11,21H2,1H3. The van der Waals surface area contributed by atoms with Gasteiger partial charge in [0.25, 0.3) is 5.91 Å². The van der Waals surface area contributed by atoms with Crippen LogP contribution < -0.4 is 10.6 Å². The molecule has 0 unspecified atom stereocenters. The van der Waals surface area contributed by atoms with Crippen molar-refractivity contribution in [3.05, 3.63) is 71.5 Å². The number of rotatable bonds is 2. The van der Waals surface area contributed by atoms with Crippen LogP contribution in [0, 0.1) is 6.92 Å². The number of carbonyl (C=O) groups is 1. The molecule has 1 aromatic heterocycles. The molecule has 1 aliphatic rings. The first-order chi connectivity index (χ1) is 11.6. The molecule has 2 aromatic carbocycles. The number of nitrogen functional groups attached to an aromatic ring is 1. The number of aryl methyl sites for hydroxylation is 1. The zero-order valence-corrected chi connectivity index (χ0v) is 13.5. The Morgan fingerprint density at radius 1 is 1.12 bits per heavy atom. The molecule has 0 aliphatic carbocycles. The molecule has 0 spiro atoms. The van der Waals surface area contributed by atoms with E-state index in [2.05, 4.69) is 6.07 Å². The van der Waals surface area contributed by atoms with Crippen LogP contribution in [0.15, 0.2) is 59.0 Å². The first-order valence-electron chi connectivity index (χ1n) is 7.99.